The molecule has 108 valence electrons. The van der Waals surface area contributed by atoms with E-state index in [4.69, 9.17) is 10.6 Å². The Morgan fingerprint density at radius 3 is 2.83 bits per heavy atom. The van der Waals surface area contributed by atoms with Crippen LogP contribution >= 0.6 is 0 Å². The molecule has 0 saturated carbocycles. The molecule has 0 amide bonds. The highest BCUT2D eigenvalue weighted by Gasteiger charge is 2.05. The zero-order valence-electron chi connectivity index (χ0n) is 11.6. The normalized spacial score (nSPS) is 15.2. The molecule has 0 fully saturated rings. The maximum atomic E-state index is 11.0. The minimum absolute atomic E-state index is 0.190. The molecule has 4 N–H and O–H groups in total. The summed E-state index contributed by atoms with van der Waals surface area (Å²) in [6.07, 6.45) is 3.40. The van der Waals surface area contributed by atoms with Crippen LogP contribution in [0.4, 0.5) is 0 Å². The van der Waals surface area contributed by atoms with Crippen molar-refractivity contribution in [2.75, 3.05) is 31.8 Å². The van der Waals surface area contributed by atoms with Crippen LogP contribution in [0.2, 0.25) is 0 Å². The summed E-state index contributed by atoms with van der Waals surface area (Å²) < 4.78 is 16.2. The summed E-state index contributed by atoms with van der Waals surface area (Å²) in [6.45, 7) is 6.09. The molecule has 0 rings (SSSR count). The van der Waals surface area contributed by atoms with Gasteiger partial charge in [0.2, 0.25) is 5.96 Å². The van der Waals surface area contributed by atoms with Gasteiger partial charge in [-0.2, -0.15) is 0 Å². The summed E-state index contributed by atoms with van der Waals surface area (Å²) in [4.78, 5) is 4.29. The molecule has 0 aromatic heterocycles. The van der Waals surface area contributed by atoms with Crippen LogP contribution in [0, 0.1) is 0 Å². The maximum Gasteiger partial charge on any atom is 0.205 e. The molecule has 0 aromatic rings. The van der Waals surface area contributed by atoms with Gasteiger partial charge in [0.05, 0.1) is 0 Å². The fraction of sp³-hybridized carbons (Fsp3) is 0.909. The van der Waals surface area contributed by atoms with E-state index in [9.17, 15) is 4.21 Å². The van der Waals surface area contributed by atoms with Gasteiger partial charge in [0.15, 0.2) is 0 Å². The van der Waals surface area contributed by atoms with Crippen molar-refractivity contribution in [1.82, 2.24) is 10.7 Å². The summed E-state index contributed by atoms with van der Waals surface area (Å²) in [5.74, 6) is 6.63. The number of nitrogens with zero attached hydrogens (tertiary/aromatic N) is 1. The minimum atomic E-state index is -0.760. The van der Waals surface area contributed by atoms with Crippen molar-refractivity contribution in [2.45, 2.75) is 32.7 Å². The van der Waals surface area contributed by atoms with E-state index in [0.717, 1.165) is 19.4 Å². The molecule has 0 aliphatic rings. The fourth-order valence-electron chi connectivity index (χ4n) is 1.28. The van der Waals surface area contributed by atoms with Crippen molar-refractivity contribution in [2.24, 2.45) is 10.8 Å². The molecular formula is C11H26N4O2S. The Labute approximate surface area is 112 Å². The first-order valence-electron chi connectivity index (χ1n) is 6.25. The zero-order chi connectivity index (χ0) is 13.8. The van der Waals surface area contributed by atoms with Gasteiger partial charge < -0.3 is 10.1 Å². The predicted octanol–water partition coefficient (Wildman–Crippen LogP) is -0.0210. The Morgan fingerprint density at radius 1 is 1.56 bits per heavy atom. The largest absolute Gasteiger partial charge is 0.382 e. The highest BCUT2D eigenvalue weighted by Crippen LogP contribution is 1.93. The third-order valence-corrected chi connectivity index (χ3v) is 3.09. The lowest BCUT2D eigenvalue weighted by molar-refractivity contribution is 0.146. The highest BCUT2D eigenvalue weighted by molar-refractivity contribution is 7.84. The summed E-state index contributed by atoms with van der Waals surface area (Å²) in [5.41, 5.74) is 2.53. The van der Waals surface area contributed by atoms with Crippen molar-refractivity contribution < 1.29 is 8.95 Å². The average Bonchev–Trinajstić information content (AvgIpc) is 2.34. The number of hydrogen-bond donors (Lipinski definition) is 3. The van der Waals surface area contributed by atoms with Crippen molar-refractivity contribution >= 4 is 16.8 Å². The molecule has 0 spiro atoms. The van der Waals surface area contributed by atoms with Crippen LogP contribution in [0.1, 0.15) is 26.7 Å². The SMILES string of the molecule is CCOCCCN=C(NN)NC(C)CCS(C)=O. The third kappa shape index (κ3) is 10.5. The Hall–Kier alpha value is -0.660. The fourth-order valence-corrected chi connectivity index (χ4v) is 1.97. The second-order valence-electron chi connectivity index (χ2n) is 4.04. The second-order valence-corrected chi connectivity index (χ2v) is 5.59. The van der Waals surface area contributed by atoms with Gasteiger partial charge in [-0.05, 0) is 26.7 Å². The lowest BCUT2D eigenvalue weighted by atomic mass is 10.3. The van der Waals surface area contributed by atoms with Gasteiger partial charge >= 0.3 is 0 Å². The number of ether oxygens (including phenoxy) is 1. The van der Waals surface area contributed by atoms with E-state index in [1.54, 1.807) is 6.26 Å². The number of rotatable bonds is 9. The smallest absolute Gasteiger partial charge is 0.205 e. The topological polar surface area (TPSA) is 88.7 Å². The molecule has 7 heteroatoms. The monoisotopic (exact) mass is 278 g/mol. The van der Waals surface area contributed by atoms with Crippen LogP contribution in [0.25, 0.3) is 0 Å². The molecule has 0 bridgehead atoms. The van der Waals surface area contributed by atoms with Crippen LogP contribution in [0.5, 0.6) is 0 Å². The molecule has 6 nitrogen and oxygen atoms in total. The van der Waals surface area contributed by atoms with Crippen molar-refractivity contribution in [3.05, 3.63) is 0 Å². The van der Waals surface area contributed by atoms with Crippen molar-refractivity contribution in [1.29, 1.82) is 0 Å². The quantitative estimate of drug-likeness (QED) is 0.181. The molecule has 0 aromatic carbocycles. The number of hydrogen-bond acceptors (Lipinski definition) is 4. The predicted molar refractivity (Wildman–Crippen MR) is 76.9 cm³/mol. The number of nitrogens with one attached hydrogen (secondary N) is 2. The van der Waals surface area contributed by atoms with E-state index >= 15 is 0 Å². The van der Waals surface area contributed by atoms with Gasteiger partial charge in [0.25, 0.3) is 0 Å². The first-order chi connectivity index (χ1) is 8.60. The first-order valence-corrected chi connectivity index (χ1v) is 7.98. The van der Waals surface area contributed by atoms with Crippen LogP contribution in [-0.4, -0.2) is 48.0 Å². The van der Waals surface area contributed by atoms with Gasteiger partial charge in [-0.3, -0.25) is 14.6 Å². The van der Waals surface area contributed by atoms with Crippen LogP contribution in [-0.2, 0) is 15.5 Å². The molecule has 0 saturated heterocycles. The zero-order valence-corrected chi connectivity index (χ0v) is 12.4. The highest BCUT2D eigenvalue weighted by atomic mass is 32.2. The molecule has 0 aliphatic carbocycles. The summed E-state index contributed by atoms with van der Waals surface area (Å²) in [7, 11) is -0.760. The Bertz CT molecular complexity index is 261. The lowest BCUT2D eigenvalue weighted by Gasteiger charge is -2.15. The van der Waals surface area contributed by atoms with E-state index in [-0.39, 0.29) is 6.04 Å². The van der Waals surface area contributed by atoms with Gasteiger partial charge in [-0.15, -0.1) is 0 Å². The van der Waals surface area contributed by atoms with E-state index in [2.05, 4.69) is 15.7 Å². The molecule has 2 unspecified atom stereocenters. The number of hydrazine groups is 1. The van der Waals surface area contributed by atoms with Crippen molar-refractivity contribution in [3.8, 4) is 0 Å². The number of nitrogens with two attached hydrogens (primary N) is 1. The van der Waals surface area contributed by atoms with Crippen LogP contribution in [0.3, 0.4) is 0 Å². The van der Waals surface area contributed by atoms with E-state index in [1.165, 1.54) is 0 Å². The molecule has 0 heterocycles. The van der Waals surface area contributed by atoms with Gasteiger partial charge in [0, 0.05) is 48.6 Å². The molecule has 0 radical (unpaired) electrons. The molecular weight excluding hydrogens is 252 g/mol. The maximum absolute atomic E-state index is 11.0. The first kappa shape index (κ1) is 17.3. The summed E-state index contributed by atoms with van der Waals surface area (Å²) in [6, 6.07) is 0.190. The standard InChI is InChI=1S/C11H26N4O2S/c1-4-17-8-5-7-13-11(15-12)14-10(2)6-9-18(3)16/h10H,4-9,12H2,1-3H3,(H2,13,14,15). The Balaban J connectivity index is 3.85. The van der Waals surface area contributed by atoms with Crippen LogP contribution < -0.4 is 16.6 Å². The average molecular weight is 278 g/mol. The number of aliphatic imine (C=N–C) groups is 1. The summed E-state index contributed by atoms with van der Waals surface area (Å²) in [5, 5.41) is 3.15. The number of guanidine groups is 1. The Kier molecular flexibility index (Phi) is 11.0. The van der Waals surface area contributed by atoms with Gasteiger partial charge in [-0.25, -0.2) is 5.84 Å². The Morgan fingerprint density at radius 2 is 2.28 bits per heavy atom. The molecule has 2 atom stereocenters. The lowest BCUT2D eigenvalue weighted by Crippen LogP contribution is -2.46. The second kappa shape index (κ2) is 11.4. The minimum Gasteiger partial charge on any atom is -0.382 e. The van der Waals surface area contributed by atoms with Crippen molar-refractivity contribution in [3.63, 3.8) is 0 Å². The van der Waals surface area contributed by atoms with Crippen LogP contribution in [0.15, 0.2) is 4.99 Å². The third-order valence-electron chi connectivity index (χ3n) is 2.28. The van der Waals surface area contributed by atoms with Gasteiger partial charge in [-0.1, -0.05) is 0 Å². The van der Waals surface area contributed by atoms with E-state index < -0.39 is 10.8 Å². The van der Waals surface area contributed by atoms with E-state index in [1.807, 2.05) is 13.8 Å². The molecule has 0 aliphatic heterocycles. The molecule has 18 heavy (non-hydrogen) atoms. The summed E-state index contributed by atoms with van der Waals surface area (Å²) >= 11 is 0. The van der Waals surface area contributed by atoms with E-state index in [0.29, 0.717) is 24.9 Å². The van der Waals surface area contributed by atoms with Gasteiger partial charge in [0.1, 0.15) is 0 Å².